The summed E-state index contributed by atoms with van der Waals surface area (Å²) in [6.45, 7) is 6.42. The molecule has 0 heterocycles. The van der Waals surface area contributed by atoms with Crippen LogP contribution in [0.5, 0.6) is 0 Å². The number of rotatable bonds is 1. The molecular formula is C10H14IN. The van der Waals surface area contributed by atoms with E-state index in [4.69, 9.17) is 5.73 Å². The third-order valence-electron chi connectivity index (χ3n) is 1.85. The van der Waals surface area contributed by atoms with Gasteiger partial charge in [-0.25, -0.2) is 0 Å². The van der Waals surface area contributed by atoms with Crippen molar-refractivity contribution in [3.8, 4) is 0 Å². The molecule has 1 nitrogen and oxygen atoms in total. The molecule has 0 aliphatic carbocycles. The van der Waals surface area contributed by atoms with Gasteiger partial charge in [-0.2, -0.15) is 0 Å². The van der Waals surface area contributed by atoms with Crippen molar-refractivity contribution in [3.63, 3.8) is 0 Å². The molecule has 2 heteroatoms. The summed E-state index contributed by atoms with van der Waals surface area (Å²) >= 11 is 2.40. The minimum absolute atomic E-state index is 0.119. The molecule has 1 aromatic rings. The van der Waals surface area contributed by atoms with Gasteiger partial charge in [-0.3, -0.25) is 0 Å². The predicted molar refractivity (Wildman–Crippen MR) is 62.6 cm³/mol. The molecule has 0 atom stereocenters. The third kappa shape index (κ3) is 2.12. The third-order valence-corrected chi connectivity index (χ3v) is 2.43. The van der Waals surface area contributed by atoms with E-state index in [0.29, 0.717) is 0 Å². The van der Waals surface area contributed by atoms with Crippen LogP contribution in [-0.2, 0) is 3.42 Å². The predicted octanol–water partition coefficient (Wildman–Crippen LogP) is 3.25. The lowest BCUT2D eigenvalue weighted by atomic mass is 9.99. The first-order valence-electron chi connectivity index (χ1n) is 3.97. The standard InChI is InChI=1S/C10H14IN/c1-7-4-5-9(12)8(6-7)10(2,3)11/h4-6H,12H2,1-3H3. The van der Waals surface area contributed by atoms with Crippen LogP contribution in [0.4, 0.5) is 5.69 Å². The zero-order valence-electron chi connectivity index (χ0n) is 7.69. The topological polar surface area (TPSA) is 26.0 Å². The molecule has 0 radical (unpaired) electrons. The summed E-state index contributed by atoms with van der Waals surface area (Å²) in [5.41, 5.74) is 9.25. The lowest BCUT2D eigenvalue weighted by Crippen LogP contribution is -2.10. The van der Waals surface area contributed by atoms with Crippen LogP contribution in [0.1, 0.15) is 25.0 Å². The van der Waals surface area contributed by atoms with Crippen molar-refractivity contribution in [2.45, 2.75) is 24.2 Å². The highest BCUT2D eigenvalue weighted by Crippen LogP contribution is 2.34. The Hall–Kier alpha value is -0.250. The van der Waals surface area contributed by atoms with E-state index in [1.807, 2.05) is 12.1 Å². The van der Waals surface area contributed by atoms with Crippen LogP contribution in [0.15, 0.2) is 18.2 Å². The van der Waals surface area contributed by atoms with Crippen molar-refractivity contribution in [1.82, 2.24) is 0 Å². The highest BCUT2D eigenvalue weighted by Gasteiger charge is 2.18. The molecule has 1 rings (SSSR count). The molecule has 1 aromatic carbocycles. The van der Waals surface area contributed by atoms with E-state index in [0.717, 1.165) is 5.69 Å². The second kappa shape index (κ2) is 3.24. The van der Waals surface area contributed by atoms with Crippen molar-refractivity contribution >= 4 is 28.3 Å². The maximum atomic E-state index is 5.87. The van der Waals surface area contributed by atoms with Crippen molar-refractivity contribution < 1.29 is 0 Å². The molecule has 12 heavy (non-hydrogen) atoms. The fourth-order valence-electron chi connectivity index (χ4n) is 1.18. The van der Waals surface area contributed by atoms with Crippen LogP contribution in [0.2, 0.25) is 0 Å². The van der Waals surface area contributed by atoms with Gasteiger partial charge in [0.2, 0.25) is 0 Å². The van der Waals surface area contributed by atoms with E-state index in [9.17, 15) is 0 Å². The van der Waals surface area contributed by atoms with Crippen LogP contribution in [-0.4, -0.2) is 0 Å². The molecule has 0 spiro atoms. The fraction of sp³-hybridized carbons (Fsp3) is 0.400. The van der Waals surface area contributed by atoms with Gasteiger partial charge in [0.1, 0.15) is 0 Å². The Morgan fingerprint density at radius 2 is 1.92 bits per heavy atom. The minimum atomic E-state index is 0.119. The van der Waals surface area contributed by atoms with E-state index in [1.165, 1.54) is 11.1 Å². The maximum absolute atomic E-state index is 5.87. The lowest BCUT2D eigenvalue weighted by Gasteiger charge is -2.19. The minimum Gasteiger partial charge on any atom is -0.398 e. The number of nitrogen functional groups attached to an aromatic ring is 1. The van der Waals surface area contributed by atoms with E-state index in [1.54, 1.807) is 0 Å². The molecular weight excluding hydrogens is 261 g/mol. The molecule has 66 valence electrons. The van der Waals surface area contributed by atoms with E-state index in [-0.39, 0.29) is 3.42 Å². The average Bonchev–Trinajstić information content (AvgIpc) is 1.92. The quantitative estimate of drug-likeness (QED) is 0.475. The van der Waals surface area contributed by atoms with E-state index < -0.39 is 0 Å². The van der Waals surface area contributed by atoms with Crippen molar-refractivity contribution in [2.24, 2.45) is 0 Å². The summed E-state index contributed by atoms with van der Waals surface area (Å²) in [4.78, 5) is 0. The summed E-state index contributed by atoms with van der Waals surface area (Å²) in [5.74, 6) is 0. The number of hydrogen-bond acceptors (Lipinski definition) is 1. The smallest absolute Gasteiger partial charge is 0.0434 e. The SMILES string of the molecule is Cc1ccc(N)c(C(C)(C)I)c1. The number of alkyl halides is 1. The summed E-state index contributed by atoms with van der Waals surface area (Å²) in [7, 11) is 0. The van der Waals surface area contributed by atoms with Crippen molar-refractivity contribution in [1.29, 1.82) is 0 Å². The molecule has 0 aromatic heterocycles. The summed E-state index contributed by atoms with van der Waals surface area (Å²) in [6.07, 6.45) is 0. The number of benzene rings is 1. The van der Waals surface area contributed by atoms with Gasteiger partial charge in [-0.1, -0.05) is 40.3 Å². The van der Waals surface area contributed by atoms with Gasteiger partial charge in [-0.05, 0) is 32.4 Å². The molecule has 0 unspecified atom stereocenters. The first-order valence-corrected chi connectivity index (χ1v) is 5.04. The number of nitrogens with two attached hydrogens (primary N) is 1. The largest absolute Gasteiger partial charge is 0.398 e. The molecule has 0 aliphatic rings. The first-order chi connectivity index (χ1) is 5.41. The Bertz CT molecular complexity index is 286. The molecule has 0 amide bonds. The molecule has 0 bridgehead atoms. The Morgan fingerprint density at radius 1 is 1.33 bits per heavy atom. The van der Waals surface area contributed by atoms with E-state index in [2.05, 4.69) is 49.4 Å². The van der Waals surface area contributed by atoms with Gasteiger partial charge in [0.15, 0.2) is 0 Å². The van der Waals surface area contributed by atoms with Gasteiger partial charge in [0.05, 0.1) is 0 Å². The molecule has 0 saturated carbocycles. The molecule has 0 fully saturated rings. The number of hydrogen-bond donors (Lipinski definition) is 1. The van der Waals surface area contributed by atoms with Crippen LogP contribution < -0.4 is 5.73 Å². The second-order valence-electron chi connectivity index (χ2n) is 3.56. The first kappa shape index (κ1) is 9.84. The van der Waals surface area contributed by atoms with Crippen LogP contribution in [0.25, 0.3) is 0 Å². The van der Waals surface area contributed by atoms with Crippen LogP contribution in [0.3, 0.4) is 0 Å². The van der Waals surface area contributed by atoms with Gasteiger partial charge in [0.25, 0.3) is 0 Å². The number of halogens is 1. The van der Waals surface area contributed by atoms with Crippen molar-refractivity contribution in [2.75, 3.05) is 5.73 Å². The second-order valence-corrected chi connectivity index (χ2v) is 6.26. The highest BCUT2D eigenvalue weighted by atomic mass is 127. The summed E-state index contributed by atoms with van der Waals surface area (Å²) < 4.78 is 0.119. The Balaban J connectivity index is 3.23. The number of anilines is 1. The molecule has 2 N–H and O–H groups in total. The Kier molecular flexibility index (Phi) is 2.66. The Labute approximate surface area is 87.5 Å². The summed E-state index contributed by atoms with van der Waals surface area (Å²) in [5, 5.41) is 0. The average molecular weight is 275 g/mol. The zero-order chi connectivity index (χ0) is 9.35. The van der Waals surface area contributed by atoms with Gasteiger partial charge in [-0.15, -0.1) is 0 Å². The van der Waals surface area contributed by atoms with Crippen LogP contribution in [0, 0.1) is 6.92 Å². The zero-order valence-corrected chi connectivity index (χ0v) is 9.84. The Morgan fingerprint density at radius 3 is 2.33 bits per heavy atom. The van der Waals surface area contributed by atoms with Crippen molar-refractivity contribution in [3.05, 3.63) is 29.3 Å². The molecule has 0 saturated heterocycles. The lowest BCUT2D eigenvalue weighted by molar-refractivity contribution is 0.828. The number of aryl methyl sites for hydroxylation is 1. The van der Waals surface area contributed by atoms with E-state index >= 15 is 0 Å². The van der Waals surface area contributed by atoms with Gasteiger partial charge < -0.3 is 5.73 Å². The highest BCUT2D eigenvalue weighted by molar-refractivity contribution is 14.1. The monoisotopic (exact) mass is 275 g/mol. The molecule has 0 aliphatic heterocycles. The van der Waals surface area contributed by atoms with Gasteiger partial charge >= 0.3 is 0 Å². The van der Waals surface area contributed by atoms with Gasteiger partial charge in [0, 0.05) is 9.11 Å². The summed E-state index contributed by atoms with van der Waals surface area (Å²) in [6, 6.07) is 6.17. The van der Waals surface area contributed by atoms with Crippen LogP contribution >= 0.6 is 22.6 Å². The normalized spacial score (nSPS) is 11.7. The fourth-order valence-corrected chi connectivity index (χ4v) is 1.65. The maximum Gasteiger partial charge on any atom is 0.0434 e.